The highest BCUT2D eigenvalue weighted by molar-refractivity contribution is 5.76. The number of carbonyl (C=O) groups is 1. The zero-order valence-corrected chi connectivity index (χ0v) is 15.0. The van der Waals surface area contributed by atoms with E-state index in [-0.39, 0.29) is 42.7 Å². The Morgan fingerprint density at radius 2 is 1.89 bits per heavy atom. The number of hydrogen-bond acceptors (Lipinski definition) is 3. The maximum Gasteiger partial charge on any atom is 0.223 e. The normalized spacial score (nSPS) is 16.4. The lowest BCUT2D eigenvalue weighted by atomic mass is 10.1. The van der Waals surface area contributed by atoms with Crippen LogP contribution in [0.1, 0.15) is 30.4 Å². The highest BCUT2D eigenvalue weighted by Gasteiger charge is 2.24. The number of phenols is 1. The van der Waals surface area contributed by atoms with Crippen molar-refractivity contribution in [2.75, 3.05) is 13.2 Å². The Bertz CT molecular complexity index is 770. The Morgan fingerprint density at radius 1 is 1.15 bits per heavy atom. The number of hydrogen-bond donors (Lipinski definition) is 1. The summed E-state index contributed by atoms with van der Waals surface area (Å²) in [6, 6.07) is 10.5. The largest absolute Gasteiger partial charge is 0.508 e. The van der Waals surface area contributed by atoms with E-state index in [0.29, 0.717) is 18.7 Å². The summed E-state index contributed by atoms with van der Waals surface area (Å²) in [5.74, 6) is -1.40. The van der Waals surface area contributed by atoms with Crippen molar-refractivity contribution in [2.24, 2.45) is 0 Å². The van der Waals surface area contributed by atoms with Gasteiger partial charge in [0.2, 0.25) is 5.91 Å². The van der Waals surface area contributed by atoms with E-state index >= 15 is 0 Å². The Balaban J connectivity index is 1.70. The van der Waals surface area contributed by atoms with E-state index in [4.69, 9.17) is 4.74 Å². The minimum Gasteiger partial charge on any atom is -0.508 e. The molecule has 0 radical (unpaired) electrons. The van der Waals surface area contributed by atoms with Gasteiger partial charge in [0.05, 0.1) is 6.10 Å². The van der Waals surface area contributed by atoms with Gasteiger partial charge in [0.1, 0.15) is 17.4 Å². The monoisotopic (exact) mass is 375 g/mol. The first-order valence-corrected chi connectivity index (χ1v) is 9.13. The van der Waals surface area contributed by atoms with E-state index in [1.54, 1.807) is 29.2 Å². The van der Waals surface area contributed by atoms with E-state index < -0.39 is 11.6 Å². The first kappa shape index (κ1) is 19.3. The van der Waals surface area contributed by atoms with Gasteiger partial charge in [-0.1, -0.05) is 24.3 Å². The molecule has 1 unspecified atom stereocenters. The summed E-state index contributed by atoms with van der Waals surface area (Å²) in [7, 11) is 0. The summed E-state index contributed by atoms with van der Waals surface area (Å²) < 4.78 is 33.2. The molecule has 1 saturated heterocycles. The SMILES string of the molecule is O=C(CCc1c(F)cccc1F)N(Cc1ccccc1O)CC1CCCO1. The molecule has 1 atom stereocenters. The fourth-order valence-electron chi connectivity index (χ4n) is 3.30. The Morgan fingerprint density at radius 3 is 2.56 bits per heavy atom. The van der Waals surface area contributed by atoms with Crippen molar-refractivity contribution in [3.05, 3.63) is 65.2 Å². The van der Waals surface area contributed by atoms with Crippen molar-refractivity contribution in [1.29, 1.82) is 0 Å². The standard InChI is InChI=1S/C21H23F2NO3/c22-18-7-3-8-19(23)17(18)10-11-21(26)24(14-16-6-4-12-27-16)13-15-5-1-2-9-20(15)25/h1-3,5,7-9,16,25H,4,6,10-14H2. The van der Waals surface area contributed by atoms with E-state index in [1.807, 2.05) is 0 Å². The second-order valence-electron chi connectivity index (χ2n) is 6.74. The molecular formula is C21H23F2NO3. The summed E-state index contributed by atoms with van der Waals surface area (Å²) in [6.07, 6.45) is 1.74. The molecule has 1 N–H and O–H groups in total. The minimum absolute atomic E-state index is 0.0138. The lowest BCUT2D eigenvalue weighted by Gasteiger charge is -2.26. The fraction of sp³-hybridized carbons (Fsp3) is 0.381. The summed E-state index contributed by atoms with van der Waals surface area (Å²) >= 11 is 0. The Hall–Kier alpha value is -2.47. The van der Waals surface area contributed by atoms with Gasteiger partial charge in [-0.3, -0.25) is 4.79 Å². The van der Waals surface area contributed by atoms with Crippen LogP contribution in [0.25, 0.3) is 0 Å². The summed E-state index contributed by atoms with van der Waals surface area (Å²) in [6.45, 7) is 1.29. The van der Waals surface area contributed by atoms with Gasteiger partial charge in [-0.15, -0.1) is 0 Å². The molecular weight excluding hydrogens is 352 g/mol. The lowest BCUT2D eigenvalue weighted by Crippen LogP contribution is -2.37. The molecule has 0 saturated carbocycles. The number of halogens is 2. The van der Waals surface area contributed by atoms with Crippen LogP contribution in [0.15, 0.2) is 42.5 Å². The molecule has 144 valence electrons. The highest BCUT2D eigenvalue weighted by atomic mass is 19.1. The molecule has 0 spiro atoms. The molecule has 0 aromatic heterocycles. The van der Waals surface area contributed by atoms with Gasteiger partial charge in [-0.2, -0.15) is 0 Å². The van der Waals surface area contributed by atoms with E-state index in [2.05, 4.69) is 0 Å². The highest BCUT2D eigenvalue weighted by Crippen LogP contribution is 2.22. The molecule has 1 heterocycles. The molecule has 6 heteroatoms. The van der Waals surface area contributed by atoms with Gasteiger partial charge in [0.25, 0.3) is 0 Å². The van der Waals surface area contributed by atoms with Crippen LogP contribution in [-0.2, 0) is 22.5 Å². The number of amides is 1. The van der Waals surface area contributed by atoms with Crippen LogP contribution in [0.2, 0.25) is 0 Å². The third-order valence-corrected chi connectivity index (χ3v) is 4.80. The van der Waals surface area contributed by atoms with Gasteiger partial charge in [-0.25, -0.2) is 8.78 Å². The first-order valence-electron chi connectivity index (χ1n) is 9.13. The number of nitrogens with zero attached hydrogens (tertiary/aromatic N) is 1. The third-order valence-electron chi connectivity index (χ3n) is 4.80. The second-order valence-corrected chi connectivity index (χ2v) is 6.74. The van der Waals surface area contributed by atoms with Crippen LogP contribution in [-0.4, -0.2) is 35.2 Å². The van der Waals surface area contributed by atoms with Crippen molar-refractivity contribution >= 4 is 5.91 Å². The Labute approximate surface area is 157 Å². The molecule has 1 amide bonds. The number of carbonyl (C=O) groups excluding carboxylic acids is 1. The number of aromatic hydroxyl groups is 1. The number of para-hydroxylation sites is 1. The van der Waals surface area contributed by atoms with Gasteiger partial charge in [-0.05, 0) is 37.5 Å². The first-order chi connectivity index (χ1) is 13.0. The molecule has 1 fully saturated rings. The molecule has 27 heavy (non-hydrogen) atoms. The molecule has 0 bridgehead atoms. The number of benzene rings is 2. The van der Waals surface area contributed by atoms with E-state index in [9.17, 15) is 18.7 Å². The molecule has 4 nitrogen and oxygen atoms in total. The molecule has 2 aromatic carbocycles. The maximum absolute atomic E-state index is 13.8. The average Bonchev–Trinajstić information content (AvgIpc) is 3.15. The smallest absolute Gasteiger partial charge is 0.223 e. The van der Waals surface area contributed by atoms with Crippen LogP contribution in [0.4, 0.5) is 8.78 Å². The summed E-state index contributed by atoms with van der Waals surface area (Å²) in [4.78, 5) is 14.4. The van der Waals surface area contributed by atoms with Crippen molar-refractivity contribution in [3.8, 4) is 5.75 Å². The van der Waals surface area contributed by atoms with Gasteiger partial charge in [0, 0.05) is 37.2 Å². The second kappa shape index (κ2) is 8.95. The number of ether oxygens (including phenoxy) is 1. The van der Waals surface area contributed by atoms with Crippen molar-refractivity contribution < 1.29 is 23.4 Å². The lowest BCUT2D eigenvalue weighted by molar-refractivity contribution is -0.133. The van der Waals surface area contributed by atoms with Gasteiger partial charge >= 0.3 is 0 Å². The molecule has 1 aliphatic rings. The number of phenolic OH excluding ortho intramolecular Hbond substituents is 1. The zero-order valence-electron chi connectivity index (χ0n) is 15.0. The quantitative estimate of drug-likeness (QED) is 0.801. The molecule has 2 aromatic rings. The fourth-order valence-corrected chi connectivity index (χ4v) is 3.30. The summed E-state index contributed by atoms with van der Waals surface area (Å²) in [5, 5.41) is 10.0. The maximum atomic E-state index is 13.8. The van der Waals surface area contributed by atoms with Crippen molar-refractivity contribution in [1.82, 2.24) is 4.90 Å². The van der Waals surface area contributed by atoms with Gasteiger partial charge in [0.15, 0.2) is 0 Å². The van der Waals surface area contributed by atoms with E-state index in [1.165, 1.54) is 18.2 Å². The van der Waals surface area contributed by atoms with Crippen LogP contribution in [0.5, 0.6) is 5.75 Å². The van der Waals surface area contributed by atoms with Gasteiger partial charge < -0.3 is 14.7 Å². The van der Waals surface area contributed by atoms with Crippen LogP contribution in [0, 0.1) is 11.6 Å². The predicted molar refractivity (Wildman–Crippen MR) is 97.2 cm³/mol. The predicted octanol–water partition coefficient (Wildman–Crippen LogP) is 3.81. The van der Waals surface area contributed by atoms with Crippen LogP contribution >= 0.6 is 0 Å². The van der Waals surface area contributed by atoms with Crippen LogP contribution < -0.4 is 0 Å². The third kappa shape index (κ3) is 5.04. The topological polar surface area (TPSA) is 49.8 Å². The zero-order chi connectivity index (χ0) is 19.2. The summed E-state index contributed by atoms with van der Waals surface area (Å²) in [5.41, 5.74) is 0.548. The number of rotatable bonds is 7. The minimum atomic E-state index is -0.644. The van der Waals surface area contributed by atoms with Crippen LogP contribution in [0.3, 0.4) is 0 Å². The Kier molecular flexibility index (Phi) is 6.40. The van der Waals surface area contributed by atoms with Crippen molar-refractivity contribution in [3.63, 3.8) is 0 Å². The van der Waals surface area contributed by atoms with Crippen molar-refractivity contribution in [2.45, 2.75) is 38.3 Å². The molecule has 1 aliphatic heterocycles. The average molecular weight is 375 g/mol. The van der Waals surface area contributed by atoms with E-state index in [0.717, 1.165) is 12.8 Å². The molecule has 0 aliphatic carbocycles. The molecule has 3 rings (SSSR count).